The van der Waals surface area contributed by atoms with Gasteiger partial charge < -0.3 is 124 Å². The van der Waals surface area contributed by atoms with E-state index in [0.29, 0.717) is 22.5 Å². The van der Waals surface area contributed by atoms with Crippen LogP contribution in [-0.2, 0) is 99.0 Å². The highest BCUT2D eigenvalue weighted by Gasteiger charge is 2.42. The maximum absolute atomic E-state index is 15.5. The van der Waals surface area contributed by atoms with Gasteiger partial charge in [-0.1, -0.05) is 72.4 Å². The van der Waals surface area contributed by atoms with Crippen molar-refractivity contribution in [3.05, 3.63) is 150 Å². The second-order valence-corrected chi connectivity index (χ2v) is 42.4. The van der Waals surface area contributed by atoms with Crippen molar-refractivity contribution in [2.75, 3.05) is 45.1 Å². The van der Waals surface area contributed by atoms with Gasteiger partial charge in [-0.05, 0) is 247 Å². The van der Waals surface area contributed by atoms with E-state index in [9.17, 15) is 77.3 Å². The number of hydrogen-bond donors (Lipinski definition) is 18. The molecule has 8 rings (SSSR count). The van der Waals surface area contributed by atoms with Crippen molar-refractivity contribution in [2.24, 2.45) is 0 Å². The molecule has 2 aliphatic rings. The summed E-state index contributed by atoms with van der Waals surface area (Å²) < 4.78 is 29.4. The third kappa shape index (κ3) is 41.0. The largest absolute Gasteiger partial charge is 0.460 e. The molecule has 150 heavy (non-hydrogen) atoms. The summed E-state index contributed by atoms with van der Waals surface area (Å²) in [5, 5.41) is 69.5. The number of aromatic nitrogens is 3. The number of aliphatic hydroxyl groups is 2. The molecule has 2 aromatic heterocycles. The first-order chi connectivity index (χ1) is 70.3. The summed E-state index contributed by atoms with van der Waals surface area (Å²) in [6, 6.07) is 14.7. The lowest BCUT2D eigenvalue weighted by Crippen LogP contribution is -2.61. The number of esters is 1. The average molecular weight is 2110 g/mol. The first-order valence-electron chi connectivity index (χ1n) is 49.7. The zero-order chi connectivity index (χ0) is 111. The minimum Gasteiger partial charge on any atom is -0.460 e. The minimum atomic E-state index is -1.99. The van der Waals surface area contributed by atoms with Crippen molar-refractivity contribution >= 4 is 148 Å². The van der Waals surface area contributed by atoms with Crippen LogP contribution in [0, 0.1) is 0 Å². The van der Waals surface area contributed by atoms with E-state index in [2.05, 4.69) is 90.1 Å². The lowest BCUT2D eigenvalue weighted by atomic mass is 10.0. The second-order valence-electron chi connectivity index (χ2n) is 41.3. The highest BCUT2D eigenvalue weighted by Crippen LogP contribution is 2.35. The van der Waals surface area contributed by atoms with Gasteiger partial charge in [0, 0.05) is 98.6 Å². The van der Waals surface area contributed by atoms with Crippen molar-refractivity contribution in [2.45, 2.75) is 318 Å². The van der Waals surface area contributed by atoms with Crippen LogP contribution in [0.4, 0.5) is 24.9 Å². The quantitative estimate of drug-likeness (QED) is 0.0174. The van der Waals surface area contributed by atoms with E-state index in [1.807, 2.05) is 65.4 Å². The normalized spacial score (nSPS) is 19.1. The van der Waals surface area contributed by atoms with E-state index in [4.69, 9.17) is 28.8 Å². The predicted molar refractivity (Wildman–Crippen MR) is 554 cm³/mol. The van der Waals surface area contributed by atoms with Crippen LogP contribution in [-0.4, -0.2) is 283 Å². The maximum atomic E-state index is 15.5. The molecule has 46 heteroatoms. The molecule has 45 nitrogen and oxygen atoms in total. The lowest BCUT2D eigenvalue weighted by Gasteiger charge is -2.33. The van der Waals surface area contributed by atoms with E-state index in [1.165, 1.54) is 16.7 Å². The minimum absolute atomic E-state index is 0.238. The summed E-state index contributed by atoms with van der Waals surface area (Å²) in [6.45, 7) is 25.5. The van der Waals surface area contributed by atoms with E-state index in [1.54, 1.807) is 191 Å². The van der Waals surface area contributed by atoms with Gasteiger partial charge in [0.05, 0.1) is 41.2 Å². The standard InChI is InChI=1S/C104H144N20O25S/c1-59-55-76-92(137)116-75(48-54-123(59)99(144)149-104(16,17)18)90(135)115-74(47-53-110-98(143)148-103(13,14)15)91(136)121-83(60(2)125)94(139)107-50-44-71(87(132)114-72(45-51-108-96(141)146-101(7,8)9)89(134)119-77(93(138)118-76)56-62-27-21-20-22-28-62)113-88(133)73(46-52-109-97(142)147-102(10,11)12)117-95(140)84(61(3)126)120-81(128)42-41-80(127)112-70(40-43-82(129)145-100(4,5)6)86(131)111-65-34-32-63(33-35-65)58-124-78-57-66(150-79-31-24-23-30-68(79)85(130)105-19)37-38-67(78)69(122-124)39-36-64-29-25-26-49-106-64/h20-39,49,57,59-61,70-77,83-84,125-126H,40-48,50-56,58H2,1-19H3,(H,105,130)(H,107,139)(H,108,141)(H,109,142)(H,110,143)(H,111,131)(H,112,127)(H,113,133)(H,114,132)(H,115,135)(H,116,137)(H,117,140)(H,118,138)(H,119,134)(H,120,128)(H,121,136)/b39-36+/t59?,60-,61-,70+,71+,72+,73+,74+,75+,76+,77-,83+,84+/m1/s1. The highest BCUT2D eigenvalue weighted by atomic mass is 32.2. The Kier molecular flexibility index (Phi) is 44.5. The summed E-state index contributed by atoms with van der Waals surface area (Å²) in [7, 11) is 1.56. The number of ether oxygens (including phenoxy) is 5. The Morgan fingerprint density at radius 3 is 1.66 bits per heavy atom. The van der Waals surface area contributed by atoms with Gasteiger partial charge in [-0.2, -0.15) is 5.10 Å². The fourth-order valence-corrected chi connectivity index (χ4v) is 16.4. The SMILES string of the molecule is CNC(=O)c1ccccc1Sc1ccc2c(/C=C/c3ccccn3)nn(Cc3ccc(NC(=O)[C@H](CCC(=O)OC(C)(C)C)NC(=O)CCC(=O)N[C@H](C(=O)N[C@@H](CCNC(=O)OC(C)(C)C)C(=O)N[C@H]4CCNC(=O)[C@H]([C@@H](C)O)NC(=O)[C@H](CCNC(=O)OC(C)(C)C)NC(=O)[C@@H]5CCN(C(=O)OC(C)(C)C)C(C)C[C@H](NC(=O)[C@@H](Cc6ccccc6)NC(=O)[C@H](CCNC(=O)OC(C)(C)C)NC4=O)C(=O)N5)[C@@H](C)O)cc3)c2c1. The van der Waals surface area contributed by atoms with Crippen molar-refractivity contribution in [1.29, 1.82) is 0 Å². The molecule has 2 aliphatic heterocycles. The molecule has 2 fully saturated rings. The summed E-state index contributed by atoms with van der Waals surface area (Å²) in [6.07, 6.45) is -7.54. The van der Waals surface area contributed by atoms with Crippen molar-refractivity contribution < 1.29 is 120 Å². The number of alkyl carbamates (subject to hydrolysis) is 3. The smallest absolute Gasteiger partial charge is 0.410 e. The molecule has 6 aromatic rings. The first-order valence-corrected chi connectivity index (χ1v) is 50.5. The predicted octanol–water partition coefficient (Wildman–Crippen LogP) is 5.54. The van der Waals surface area contributed by atoms with Crippen molar-refractivity contribution in [1.82, 2.24) is 99.4 Å². The Balaban J connectivity index is 1.09. The molecule has 1 unspecified atom stereocenters. The van der Waals surface area contributed by atoms with Crippen molar-refractivity contribution in [3.8, 4) is 0 Å². The van der Waals surface area contributed by atoms with Crippen LogP contribution in [0.1, 0.15) is 222 Å². The number of rotatable bonds is 34. The van der Waals surface area contributed by atoms with Gasteiger partial charge >= 0.3 is 30.3 Å². The van der Waals surface area contributed by atoms with E-state index in [0.717, 1.165) is 40.1 Å². The van der Waals surface area contributed by atoms with Crippen LogP contribution in [0.15, 0.2) is 131 Å². The number of amides is 17. The summed E-state index contributed by atoms with van der Waals surface area (Å²) in [4.78, 5) is 266. The van der Waals surface area contributed by atoms with E-state index < -0.39 is 273 Å². The van der Waals surface area contributed by atoms with Gasteiger partial charge in [-0.25, -0.2) is 19.2 Å². The molecule has 0 spiro atoms. The van der Waals surface area contributed by atoms with Crippen LogP contribution >= 0.6 is 11.8 Å². The number of carbonyl (C=O) groups excluding carboxylic acids is 18. The number of pyridine rings is 1. The number of carbonyl (C=O) groups is 18. The third-order valence-electron chi connectivity index (χ3n) is 22.6. The molecule has 2 bridgehead atoms. The number of benzene rings is 4. The highest BCUT2D eigenvalue weighted by molar-refractivity contribution is 7.99. The zero-order valence-corrected chi connectivity index (χ0v) is 89.0. The lowest BCUT2D eigenvalue weighted by molar-refractivity contribution is -0.155. The molecular formula is C104H144N20O25S. The van der Waals surface area contributed by atoms with Crippen LogP contribution in [0.3, 0.4) is 0 Å². The van der Waals surface area contributed by atoms with E-state index >= 15 is 19.2 Å². The topological polar surface area (TPSA) is 620 Å². The molecule has 2 saturated heterocycles. The van der Waals surface area contributed by atoms with Crippen LogP contribution < -0.4 is 85.1 Å². The van der Waals surface area contributed by atoms with E-state index in [-0.39, 0.29) is 56.8 Å². The van der Waals surface area contributed by atoms with Crippen molar-refractivity contribution in [3.63, 3.8) is 0 Å². The Bertz CT molecular complexity index is 5770. The van der Waals surface area contributed by atoms with Crippen LogP contribution in [0.25, 0.3) is 23.1 Å². The molecule has 18 N–H and O–H groups in total. The number of fused-ring (bicyclic) bond motifs is 4. The Morgan fingerprint density at radius 1 is 0.527 bits per heavy atom. The monoisotopic (exact) mass is 2110 g/mol. The summed E-state index contributed by atoms with van der Waals surface area (Å²) >= 11 is 1.41. The van der Waals surface area contributed by atoms with Gasteiger partial charge in [-0.15, -0.1) is 0 Å². The van der Waals surface area contributed by atoms with Gasteiger partial charge in [0.2, 0.25) is 70.9 Å². The Hall–Kier alpha value is -14.8. The van der Waals surface area contributed by atoms with Gasteiger partial charge in [-0.3, -0.25) is 76.8 Å². The third-order valence-corrected chi connectivity index (χ3v) is 23.6. The first kappa shape index (κ1) is 120. The Labute approximate surface area is 875 Å². The number of nitrogens with zero attached hydrogens (tertiary/aromatic N) is 4. The molecule has 17 amide bonds. The van der Waals surface area contributed by atoms with Crippen LogP contribution in [0.2, 0.25) is 0 Å². The maximum Gasteiger partial charge on any atom is 0.410 e. The zero-order valence-electron chi connectivity index (χ0n) is 88.2. The molecule has 0 saturated carbocycles. The number of hydrogen-bond acceptors (Lipinski definition) is 28. The van der Waals surface area contributed by atoms with Gasteiger partial charge in [0.1, 0.15) is 88.4 Å². The van der Waals surface area contributed by atoms with Gasteiger partial charge in [0.25, 0.3) is 5.91 Å². The molecular weight excluding hydrogens is 1960 g/mol. The van der Waals surface area contributed by atoms with Crippen LogP contribution in [0.5, 0.6) is 0 Å². The molecule has 0 aliphatic carbocycles. The molecule has 0 radical (unpaired) electrons. The number of aliphatic hydroxyl groups excluding tert-OH is 2. The number of anilines is 1. The summed E-state index contributed by atoms with van der Waals surface area (Å²) in [5.74, 6) is -14.1. The second kappa shape index (κ2) is 55.4. The molecule has 4 heterocycles. The fourth-order valence-electron chi connectivity index (χ4n) is 15.4. The molecule has 816 valence electrons. The molecule has 13 atom stereocenters. The van der Waals surface area contributed by atoms with Gasteiger partial charge in [0.15, 0.2) is 0 Å². The molecule has 4 aromatic carbocycles. The fraction of sp³-hybridized carbons (Fsp3) is 0.519. The average Bonchev–Trinajstić information content (AvgIpc) is 1.63. The Morgan fingerprint density at radius 2 is 1.07 bits per heavy atom. The summed E-state index contributed by atoms with van der Waals surface area (Å²) in [5.41, 5.74) is -1.13. The number of nitrogens with one attached hydrogen (secondary N) is 16.